The fourth-order valence-corrected chi connectivity index (χ4v) is 3.66. The van der Waals surface area contributed by atoms with Gasteiger partial charge in [-0.15, -0.1) is 11.3 Å². The minimum Gasteiger partial charge on any atom is -0.353 e. The van der Waals surface area contributed by atoms with Crippen molar-refractivity contribution in [1.29, 1.82) is 0 Å². The number of likely N-dealkylation sites (tertiary alicyclic amines) is 1. The van der Waals surface area contributed by atoms with Crippen LogP contribution >= 0.6 is 11.3 Å². The van der Waals surface area contributed by atoms with E-state index in [0.29, 0.717) is 12.3 Å². The van der Waals surface area contributed by atoms with Gasteiger partial charge in [0.1, 0.15) is 4.88 Å². The molecule has 5 nitrogen and oxygen atoms in total. The van der Waals surface area contributed by atoms with E-state index in [4.69, 9.17) is 0 Å². The van der Waals surface area contributed by atoms with E-state index >= 15 is 0 Å². The topological polar surface area (TPSA) is 62.3 Å². The summed E-state index contributed by atoms with van der Waals surface area (Å²) in [7, 11) is 0. The molecule has 0 aliphatic carbocycles. The highest BCUT2D eigenvalue weighted by molar-refractivity contribution is 7.13. The first-order chi connectivity index (χ1) is 9.13. The fourth-order valence-electron chi connectivity index (χ4n) is 2.91. The van der Waals surface area contributed by atoms with Gasteiger partial charge in [-0.05, 0) is 25.7 Å². The monoisotopic (exact) mass is 279 g/mol. The quantitative estimate of drug-likeness (QED) is 0.840. The summed E-state index contributed by atoms with van der Waals surface area (Å²) >= 11 is 1.45. The molecular formula is C13H17N3O2S. The van der Waals surface area contributed by atoms with E-state index in [1.54, 1.807) is 6.20 Å². The summed E-state index contributed by atoms with van der Waals surface area (Å²) in [5.41, 5.74) is 0. The van der Waals surface area contributed by atoms with Crippen molar-refractivity contribution in [3.05, 3.63) is 16.1 Å². The first-order valence-electron chi connectivity index (χ1n) is 6.64. The molecule has 3 heterocycles. The lowest BCUT2D eigenvalue weighted by molar-refractivity contribution is -0.125. The standard InChI is InChI=1S/C13H17N3O2S/c1-8-14-6-11(19-8)13(18)16-5-4-10-9(7-16)2-3-12(17)15-10/h6,9-10H,2-5,7H2,1H3,(H,15,17). The molecule has 2 unspecified atom stereocenters. The van der Waals surface area contributed by atoms with Gasteiger partial charge in [0.2, 0.25) is 5.91 Å². The van der Waals surface area contributed by atoms with Gasteiger partial charge >= 0.3 is 0 Å². The van der Waals surface area contributed by atoms with E-state index < -0.39 is 0 Å². The number of piperidine rings is 2. The number of carbonyl (C=O) groups excluding carboxylic acids is 2. The summed E-state index contributed by atoms with van der Waals surface area (Å²) in [4.78, 5) is 30.5. The van der Waals surface area contributed by atoms with Crippen LogP contribution in [0.5, 0.6) is 0 Å². The maximum atomic E-state index is 12.4. The molecule has 0 saturated carbocycles. The zero-order valence-electron chi connectivity index (χ0n) is 10.9. The van der Waals surface area contributed by atoms with Gasteiger partial charge in [-0.2, -0.15) is 0 Å². The molecule has 2 fully saturated rings. The number of rotatable bonds is 1. The Bertz CT molecular complexity index is 514. The van der Waals surface area contributed by atoms with Crippen LogP contribution in [0.3, 0.4) is 0 Å². The lowest BCUT2D eigenvalue weighted by Crippen LogP contribution is -2.55. The summed E-state index contributed by atoms with van der Waals surface area (Å²) in [6.45, 7) is 3.38. The van der Waals surface area contributed by atoms with Crippen molar-refractivity contribution in [3.8, 4) is 0 Å². The van der Waals surface area contributed by atoms with Crippen molar-refractivity contribution >= 4 is 23.2 Å². The van der Waals surface area contributed by atoms with Crippen LogP contribution in [0.25, 0.3) is 0 Å². The predicted molar refractivity (Wildman–Crippen MR) is 72.0 cm³/mol. The second-order valence-electron chi connectivity index (χ2n) is 5.26. The zero-order valence-corrected chi connectivity index (χ0v) is 11.7. The van der Waals surface area contributed by atoms with Crippen molar-refractivity contribution in [2.75, 3.05) is 13.1 Å². The lowest BCUT2D eigenvalue weighted by atomic mass is 9.85. The summed E-state index contributed by atoms with van der Waals surface area (Å²) in [5, 5.41) is 3.95. The number of hydrogen-bond donors (Lipinski definition) is 1. The Hall–Kier alpha value is -1.43. The van der Waals surface area contributed by atoms with Crippen LogP contribution < -0.4 is 5.32 Å². The average Bonchev–Trinajstić information content (AvgIpc) is 2.84. The van der Waals surface area contributed by atoms with Crippen LogP contribution in [-0.2, 0) is 4.79 Å². The summed E-state index contributed by atoms with van der Waals surface area (Å²) in [6.07, 6.45) is 4.00. The van der Waals surface area contributed by atoms with E-state index in [1.165, 1.54) is 11.3 Å². The van der Waals surface area contributed by atoms with Gasteiger partial charge in [-0.3, -0.25) is 9.59 Å². The van der Waals surface area contributed by atoms with Crippen molar-refractivity contribution in [2.45, 2.75) is 32.2 Å². The number of nitrogens with zero attached hydrogens (tertiary/aromatic N) is 2. The fraction of sp³-hybridized carbons (Fsp3) is 0.615. The average molecular weight is 279 g/mol. The van der Waals surface area contributed by atoms with Crippen molar-refractivity contribution in [2.24, 2.45) is 5.92 Å². The third-order valence-electron chi connectivity index (χ3n) is 3.94. The molecule has 1 aromatic heterocycles. The van der Waals surface area contributed by atoms with Crippen LogP contribution in [0, 0.1) is 12.8 Å². The number of carbonyl (C=O) groups is 2. The lowest BCUT2D eigenvalue weighted by Gasteiger charge is -2.41. The molecule has 2 aliphatic heterocycles. The van der Waals surface area contributed by atoms with Crippen LogP contribution in [0.1, 0.15) is 33.9 Å². The third-order valence-corrected chi connectivity index (χ3v) is 4.84. The molecular weight excluding hydrogens is 262 g/mol. The van der Waals surface area contributed by atoms with Gasteiger partial charge in [0.25, 0.3) is 5.91 Å². The number of thiazole rings is 1. The molecule has 0 bridgehead atoms. The van der Waals surface area contributed by atoms with E-state index in [2.05, 4.69) is 10.3 Å². The Kier molecular flexibility index (Phi) is 3.26. The van der Waals surface area contributed by atoms with Gasteiger partial charge in [0.05, 0.1) is 11.2 Å². The number of aromatic nitrogens is 1. The van der Waals surface area contributed by atoms with E-state index in [9.17, 15) is 9.59 Å². The number of nitrogens with one attached hydrogen (secondary N) is 1. The maximum Gasteiger partial charge on any atom is 0.265 e. The Labute approximate surface area is 116 Å². The largest absolute Gasteiger partial charge is 0.353 e. The molecule has 19 heavy (non-hydrogen) atoms. The van der Waals surface area contributed by atoms with Crippen molar-refractivity contribution < 1.29 is 9.59 Å². The highest BCUT2D eigenvalue weighted by Crippen LogP contribution is 2.27. The Morgan fingerprint density at radius 3 is 3.11 bits per heavy atom. The van der Waals surface area contributed by atoms with Crippen LogP contribution in [0.15, 0.2) is 6.20 Å². The Morgan fingerprint density at radius 1 is 1.53 bits per heavy atom. The molecule has 6 heteroatoms. The van der Waals surface area contributed by atoms with Gasteiger partial charge in [0.15, 0.2) is 0 Å². The van der Waals surface area contributed by atoms with Crippen molar-refractivity contribution in [1.82, 2.24) is 15.2 Å². The first-order valence-corrected chi connectivity index (χ1v) is 7.46. The molecule has 2 aliphatic rings. The molecule has 0 spiro atoms. The SMILES string of the molecule is Cc1ncc(C(=O)N2CCC3NC(=O)CCC3C2)s1. The van der Waals surface area contributed by atoms with E-state index in [1.807, 2.05) is 11.8 Å². The second kappa shape index (κ2) is 4.92. The van der Waals surface area contributed by atoms with Crippen LogP contribution in [-0.4, -0.2) is 40.8 Å². The predicted octanol–water partition coefficient (Wildman–Crippen LogP) is 1.19. The van der Waals surface area contributed by atoms with E-state index in [-0.39, 0.29) is 17.9 Å². The molecule has 0 radical (unpaired) electrons. The van der Waals surface area contributed by atoms with Gasteiger partial charge in [0, 0.05) is 25.6 Å². The maximum absolute atomic E-state index is 12.4. The minimum absolute atomic E-state index is 0.0842. The Balaban J connectivity index is 1.68. The molecule has 1 aromatic rings. The molecule has 0 aromatic carbocycles. The van der Waals surface area contributed by atoms with Crippen LogP contribution in [0.2, 0.25) is 0 Å². The third kappa shape index (κ3) is 2.49. The minimum atomic E-state index is 0.0842. The first kappa shape index (κ1) is 12.6. The van der Waals surface area contributed by atoms with Gasteiger partial charge < -0.3 is 10.2 Å². The summed E-state index contributed by atoms with van der Waals surface area (Å²) in [6, 6.07) is 0.258. The number of hydrogen-bond acceptors (Lipinski definition) is 4. The molecule has 102 valence electrons. The zero-order chi connectivity index (χ0) is 13.4. The van der Waals surface area contributed by atoms with Gasteiger partial charge in [-0.25, -0.2) is 4.98 Å². The molecule has 3 rings (SSSR count). The van der Waals surface area contributed by atoms with Crippen molar-refractivity contribution in [3.63, 3.8) is 0 Å². The van der Waals surface area contributed by atoms with Crippen LogP contribution in [0.4, 0.5) is 0 Å². The Morgan fingerprint density at radius 2 is 2.37 bits per heavy atom. The molecule has 2 saturated heterocycles. The highest BCUT2D eigenvalue weighted by atomic mass is 32.1. The summed E-state index contributed by atoms with van der Waals surface area (Å²) in [5.74, 6) is 0.643. The highest BCUT2D eigenvalue weighted by Gasteiger charge is 2.35. The molecule has 2 amide bonds. The smallest absolute Gasteiger partial charge is 0.265 e. The second-order valence-corrected chi connectivity index (χ2v) is 6.49. The normalized spacial score (nSPS) is 26.8. The van der Waals surface area contributed by atoms with Gasteiger partial charge in [-0.1, -0.05) is 0 Å². The number of amides is 2. The molecule has 2 atom stereocenters. The van der Waals surface area contributed by atoms with E-state index in [0.717, 1.165) is 35.8 Å². The summed E-state index contributed by atoms with van der Waals surface area (Å²) < 4.78 is 0. The number of aryl methyl sites for hydroxylation is 1. The number of fused-ring (bicyclic) bond motifs is 1. The molecule has 1 N–H and O–H groups in total.